The number of rotatable bonds is 5. The molecule has 4 heteroatoms. The Morgan fingerprint density at radius 2 is 1.93 bits per heavy atom. The Kier molecular flexibility index (Phi) is 5.20. The minimum absolute atomic E-state index is 0.138. The van der Waals surface area contributed by atoms with Gasteiger partial charge in [0.2, 0.25) is 0 Å². The van der Waals surface area contributed by atoms with Gasteiger partial charge in [0.1, 0.15) is 0 Å². The number of carbonyl (C=O) groups excluding carboxylic acids is 1. The summed E-state index contributed by atoms with van der Waals surface area (Å²) >= 11 is 0. The van der Waals surface area contributed by atoms with E-state index < -0.39 is 11.9 Å². The van der Waals surface area contributed by atoms with Gasteiger partial charge in [-0.15, -0.1) is 0 Å². The molecule has 0 radical (unpaired) electrons. The first-order valence-electron chi connectivity index (χ1n) is 4.79. The summed E-state index contributed by atoms with van der Waals surface area (Å²) in [5.74, 6) is -2.70. The second kappa shape index (κ2) is 5.62. The van der Waals surface area contributed by atoms with Crippen LogP contribution in [-0.4, -0.2) is 23.7 Å². The molecule has 0 aromatic heterocycles. The molecule has 0 aromatic carbocycles. The fourth-order valence-corrected chi connectivity index (χ4v) is 1.05. The minimum atomic E-state index is -1.53. The van der Waals surface area contributed by atoms with Gasteiger partial charge in [0, 0.05) is 0 Å². The molecule has 82 valence electrons. The van der Waals surface area contributed by atoms with Gasteiger partial charge in [-0.2, -0.15) is 0 Å². The Hall–Kier alpha value is -1.06. The number of carboxylic acid groups (broad SMARTS) is 1. The van der Waals surface area contributed by atoms with Crippen molar-refractivity contribution in [1.82, 2.24) is 0 Å². The normalized spacial score (nSPS) is 11.1. The Morgan fingerprint density at radius 1 is 1.36 bits per heavy atom. The van der Waals surface area contributed by atoms with Crippen LogP contribution in [0, 0.1) is 5.41 Å². The van der Waals surface area contributed by atoms with Gasteiger partial charge in [-0.3, -0.25) is 0 Å². The van der Waals surface area contributed by atoms with Gasteiger partial charge in [0.25, 0.3) is 0 Å². The molecule has 0 aromatic rings. The molecule has 4 nitrogen and oxygen atoms in total. The molecule has 0 aliphatic rings. The highest BCUT2D eigenvalue weighted by Crippen LogP contribution is 2.23. The number of carboxylic acids is 1. The highest BCUT2D eigenvalue weighted by molar-refractivity contribution is 6.28. The van der Waals surface area contributed by atoms with E-state index in [0.717, 1.165) is 19.3 Å². The van der Waals surface area contributed by atoms with Crippen LogP contribution in [0.15, 0.2) is 0 Å². The van der Waals surface area contributed by atoms with Crippen molar-refractivity contribution in [2.24, 2.45) is 5.41 Å². The van der Waals surface area contributed by atoms with Crippen molar-refractivity contribution in [3.63, 3.8) is 0 Å². The van der Waals surface area contributed by atoms with Crippen LogP contribution in [-0.2, 0) is 14.3 Å². The molecule has 0 aliphatic heterocycles. The van der Waals surface area contributed by atoms with Crippen molar-refractivity contribution >= 4 is 11.9 Å². The van der Waals surface area contributed by atoms with Gasteiger partial charge in [-0.05, 0) is 11.8 Å². The molecule has 0 amide bonds. The maximum absolute atomic E-state index is 10.6. The van der Waals surface area contributed by atoms with Crippen LogP contribution in [0.5, 0.6) is 0 Å². The second-order valence-corrected chi connectivity index (χ2v) is 4.15. The van der Waals surface area contributed by atoms with Gasteiger partial charge < -0.3 is 9.84 Å². The second-order valence-electron chi connectivity index (χ2n) is 4.15. The SMILES string of the molecule is CCCCC(C)(C)COC(=O)C(=O)O. The number of hydrogen-bond donors (Lipinski definition) is 1. The van der Waals surface area contributed by atoms with Crippen molar-refractivity contribution < 1.29 is 19.4 Å². The predicted molar refractivity (Wildman–Crippen MR) is 51.9 cm³/mol. The fraction of sp³-hybridized carbons (Fsp3) is 0.800. The van der Waals surface area contributed by atoms with Crippen LogP contribution < -0.4 is 0 Å². The van der Waals surface area contributed by atoms with Crippen LogP contribution in [0.25, 0.3) is 0 Å². The summed E-state index contributed by atoms with van der Waals surface area (Å²) in [4.78, 5) is 20.8. The molecule has 0 bridgehead atoms. The maximum atomic E-state index is 10.6. The standard InChI is InChI=1S/C10H18O4/c1-4-5-6-10(2,3)7-14-9(13)8(11)12/h4-7H2,1-3H3,(H,11,12). The molecule has 1 N–H and O–H groups in total. The molecule has 0 fully saturated rings. The first-order valence-corrected chi connectivity index (χ1v) is 4.79. The molecule has 0 aliphatic carbocycles. The number of unbranched alkanes of at least 4 members (excludes halogenated alkanes) is 1. The van der Waals surface area contributed by atoms with E-state index in [1.54, 1.807) is 0 Å². The first-order chi connectivity index (χ1) is 6.39. The number of carbonyl (C=O) groups is 2. The fourth-order valence-electron chi connectivity index (χ4n) is 1.05. The largest absolute Gasteiger partial charge is 0.473 e. The lowest BCUT2D eigenvalue weighted by Gasteiger charge is -2.23. The molecule has 0 atom stereocenters. The highest BCUT2D eigenvalue weighted by Gasteiger charge is 2.22. The lowest BCUT2D eigenvalue weighted by molar-refractivity contribution is -0.165. The maximum Gasteiger partial charge on any atom is 0.417 e. The van der Waals surface area contributed by atoms with Crippen molar-refractivity contribution in [1.29, 1.82) is 0 Å². The third kappa shape index (κ3) is 5.56. The summed E-state index contributed by atoms with van der Waals surface area (Å²) < 4.78 is 4.63. The van der Waals surface area contributed by atoms with E-state index in [4.69, 9.17) is 5.11 Å². The van der Waals surface area contributed by atoms with Gasteiger partial charge >= 0.3 is 11.9 Å². The monoisotopic (exact) mass is 202 g/mol. The quantitative estimate of drug-likeness (QED) is 0.545. The minimum Gasteiger partial charge on any atom is -0.473 e. The van der Waals surface area contributed by atoms with Crippen LogP contribution in [0.1, 0.15) is 40.0 Å². The Labute approximate surface area is 84.3 Å². The average Bonchev–Trinajstić information content (AvgIpc) is 2.11. The average molecular weight is 202 g/mol. The summed E-state index contributed by atoms with van der Waals surface area (Å²) in [6.07, 6.45) is 3.06. The van der Waals surface area contributed by atoms with E-state index >= 15 is 0 Å². The summed E-state index contributed by atoms with van der Waals surface area (Å²) in [5.41, 5.74) is -0.138. The Balaban J connectivity index is 3.86. The summed E-state index contributed by atoms with van der Waals surface area (Å²) in [5, 5.41) is 8.28. The van der Waals surface area contributed by atoms with Gasteiger partial charge in [0.05, 0.1) is 6.61 Å². The van der Waals surface area contributed by atoms with Gasteiger partial charge in [-0.1, -0.05) is 33.6 Å². The predicted octanol–water partition coefficient (Wildman–Crippen LogP) is 1.83. The number of hydrogen-bond acceptors (Lipinski definition) is 3. The van der Waals surface area contributed by atoms with E-state index in [2.05, 4.69) is 11.7 Å². The summed E-state index contributed by atoms with van der Waals surface area (Å²) in [6, 6.07) is 0. The van der Waals surface area contributed by atoms with Gasteiger partial charge in [-0.25, -0.2) is 9.59 Å². The van der Waals surface area contributed by atoms with Crippen molar-refractivity contribution in [3.05, 3.63) is 0 Å². The van der Waals surface area contributed by atoms with Crippen LogP contribution in [0.4, 0.5) is 0 Å². The summed E-state index contributed by atoms with van der Waals surface area (Å²) in [6.45, 7) is 6.16. The third-order valence-electron chi connectivity index (χ3n) is 1.98. The van der Waals surface area contributed by atoms with Crippen LogP contribution in [0.2, 0.25) is 0 Å². The zero-order valence-electron chi connectivity index (χ0n) is 9.00. The smallest absolute Gasteiger partial charge is 0.417 e. The Bertz CT molecular complexity index is 208. The molecule has 0 heterocycles. The highest BCUT2D eigenvalue weighted by atomic mass is 16.6. The van der Waals surface area contributed by atoms with E-state index in [9.17, 15) is 9.59 Å². The third-order valence-corrected chi connectivity index (χ3v) is 1.98. The van der Waals surface area contributed by atoms with E-state index in [0.29, 0.717) is 0 Å². The zero-order valence-corrected chi connectivity index (χ0v) is 9.00. The molecular formula is C10H18O4. The van der Waals surface area contributed by atoms with Crippen molar-refractivity contribution in [3.8, 4) is 0 Å². The first kappa shape index (κ1) is 12.9. The lowest BCUT2D eigenvalue weighted by Crippen LogP contribution is -2.25. The lowest BCUT2D eigenvalue weighted by atomic mass is 9.88. The van der Waals surface area contributed by atoms with E-state index in [1.807, 2.05) is 13.8 Å². The van der Waals surface area contributed by atoms with Crippen LogP contribution >= 0.6 is 0 Å². The van der Waals surface area contributed by atoms with Crippen molar-refractivity contribution in [2.75, 3.05) is 6.61 Å². The number of ether oxygens (including phenoxy) is 1. The number of aliphatic carboxylic acids is 1. The summed E-state index contributed by atoms with van der Waals surface area (Å²) in [7, 11) is 0. The number of esters is 1. The molecule has 0 saturated carbocycles. The molecule has 0 saturated heterocycles. The molecule has 0 spiro atoms. The molecule has 0 unspecified atom stereocenters. The van der Waals surface area contributed by atoms with Gasteiger partial charge in [0.15, 0.2) is 0 Å². The zero-order chi connectivity index (χ0) is 11.2. The topological polar surface area (TPSA) is 63.6 Å². The van der Waals surface area contributed by atoms with E-state index in [-0.39, 0.29) is 12.0 Å². The van der Waals surface area contributed by atoms with Crippen LogP contribution in [0.3, 0.4) is 0 Å². The molecular weight excluding hydrogens is 184 g/mol. The van der Waals surface area contributed by atoms with Crippen molar-refractivity contribution in [2.45, 2.75) is 40.0 Å². The molecule has 14 heavy (non-hydrogen) atoms. The molecule has 0 rings (SSSR count). The van der Waals surface area contributed by atoms with E-state index in [1.165, 1.54) is 0 Å². The Morgan fingerprint density at radius 3 is 2.36 bits per heavy atom.